The standard InChI is InChI=1S/C16H18ClNO5/c1-21-13-10(4-3-5-11(13)17)12-14(19)16(23-15(12)20)6-8-18(22-2)9-7-16/h3-5,19H,6-9H2,1-2H3. The Bertz CT molecular complexity index is 664. The molecule has 1 aromatic carbocycles. The number of hydrogen-bond acceptors (Lipinski definition) is 6. The van der Waals surface area contributed by atoms with E-state index in [4.69, 9.17) is 25.9 Å². The van der Waals surface area contributed by atoms with Crippen molar-refractivity contribution in [1.82, 2.24) is 5.06 Å². The van der Waals surface area contributed by atoms with E-state index in [0.29, 0.717) is 42.3 Å². The Morgan fingerprint density at radius 2 is 2.00 bits per heavy atom. The van der Waals surface area contributed by atoms with E-state index >= 15 is 0 Å². The van der Waals surface area contributed by atoms with Gasteiger partial charge < -0.3 is 19.4 Å². The third kappa shape index (κ3) is 2.56. The molecular formula is C16H18ClNO5. The van der Waals surface area contributed by atoms with Crippen molar-refractivity contribution < 1.29 is 24.2 Å². The van der Waals surface area contributed by atoms with Crippen LogP contribution >= 0.6 is 11.6 Å². The molecule has 6 nitrogen and oxygen atoms in total. The third-order valence-electron chi connectivity index (χ3n) is 4.39. The number of ether oxygens (including phenoxy) is 2. The second-order valence-electron chi connectivity index (χ2n) is 5.54. The third-order valence-corrected chi connectivity index (χ3v) is 4.69. The fourth-order valence-corrected chi connectivity index (χ4v) is 3.37. The highest BCUT2D eigenvalue weighted by atomic mass is 35.5. The number of benzene rings is 1. The summed E-state index contributed by atoms with van der Waals surface area (Å²) in [6.07, 6.45) is 0.926. The average molecular weight is 340 g/mol. The molecule has 2 aliphatic heterocycles. The predicted octanol–water partition coefficient (Wildman–Crippen LogP) is 2.57. The van der Waals surface area contributed by atoms with E-state index in [1.807, 2.05) is 0 Å². The Labute approximate surface area is 139 Å². The van der Waals surface area contributed by atoms with Gasteiger partial charge in [-0.3, -0.25) is 0 Å². The van der Waals surface area contributed by atoms with Crippen LogP contribution in [0.3, 0.4) is 0 Å². The molecule has 7 heteroatoms. The summed E-state index contributed by atoms with van der Waals surface area (Å²) < 4.78 is 10.8. The number of hydrogen-bond donors (Lipinski definition) is 1. The molecule has 1 spiro atoms. The Balaban J connectivity index is 2.03. The lowest BCUT2D eigenvalue weighted by atomic mass is 9.88. The van der Waals surface area contributed by atoms with Crippen molar-refractivity contribution in [2.24, 2.45) is 0 Å². The number of aliphatic hydroxyl groups excluding tert-OH is 1. The van der Waals surface area contributed by atoms with Crippen LogP contribution in [-0.4, -0.2) is 49.0 Å². The number of carbonyl (C=O) groups is 1. The number of nitrogens with zero attached hydrogens (tertiary/aromatic N) is 1. The molecule has 0 atom stereocenters. The molecule has 0 saturated carbocycles. The first-order valence-corrected chi connectivity index (χ1v) is 7.69. The number of hydroxylamine groups is 2. The van der Waals surface area contributed by atoms with Crippen molar-refractivity contribution in [2.75, 3.05) is 27.3 Å². The zero-order chi connectivity index (χ0) is 16.6. The maximum Gasteiger partial charge on any atom is 0.343 e. The normalized spacial score (nSPS) is 20.9. The van der Waals surface area contributed by atoms with Crippen LogP contribution in [0.25, 0.3) is 5.57 Å². The van der Waals surface area contributed by atoms with E-state index in [2.05, 4.69) is 0 Å². The van der Waals surface area contributed by atoms with E-state index in [0.717, 1.165) is 0 Å². The monoisotopic (exact) mass is 339 g/mol. The van der Waals surface area contributed by atoms with Gasteiger partial charge in [0.1, 0.15) is 11.3 Å². The topological polar surface area (TPSA) is 68.2 Å². The molecule has 2 aliphatic rings. The van der Waals surface area contributed by atoms with Crippen molar-refractivity contribution in [3.05, 3.63) is 34.5 Å². The Morgan fingerprint density at radius 3 is 2.61 bits per heavy atom. The molecule has 124 valence electrons. The van der Waals surface area contributed by atoms with Gasteiger partial charge in [-0.25, -0.2) is 4.79 Å². The molecule has 0 bridgehead atoms. The van der Waals surface area contributed by atoms with E-state index in [9.17, 15) is 9.90 Å². The Kier molecular flexibility index (Phi) is 4.23. The van der Waals surface area contributed by atoms with E-state index < -0.39 is 11.6 Å². The highest BCUT2D eigenvalue weighted by Crippen LogP contribution is 2.45. The zero-order valence-electron chi connectivity index (χ0n) is 13.0. The first-order chi connectivity index (χ1) is 11.0. The summed E-state index contributed by atoms with van der Waals surface area (Å²) in [6, 6.07) is 5.04. The van der Waals surface area contributed by atoms with E-state index in [1.54, 1.807) is 30.4 Å². The van der Waals surface area contributed by atoms with Gasteiger partial charge in [0.15, 0.2) is 11.4 Å². The maximum absolute atomic E-state index is 12.4. The quantitative estimate of drug-likeness (QED) is 0.854. The van der Waals surface area contributed by atoms with Gasteiger partial charge >= 0.3 is 5.97 Å². The summed E-state index contributed by atoms with van der Waals surface area (Å²) in [5.74, 6) is -0.271. The van der Waals surface area contributed by atoms with Crippen LogP contribution in [0, 0.1) is 0 Å². The SMILES string of the molecule is COc1c(Cl)cccc1C1=C(O)C2(CCN(OC)CC2)OC1=O. The molecule has 1 fully saturated rings. The van der Waals surface area contributed by atoms with Gasteiger partial charge in [-0.15, -0.1) is 0 Å². The molecule has 0 radical (unpaired) electrons. The highest BCUT2D eigenvalue weighted by Gasteiger charge is 2.50. The lowest BCUT2D eigenvalue weighted by Gasteiger charge is -2.36. The number of rotatable bonds is 3. The Morgan fingerprint density at radius 1 is 1.30 bits per heavy atom. The predicted molar refractivity (Wildman–Crippen MR) is 84.2 cm³/mol. The molecule has 1 aromatic rings. The van der Waals surface area contributed by atoms with Crippen LogP contribution in [0.5, 0.6) is 5.75 Å². The van der Waals surface area contributed by atoms with Crippen molar-refractivity contribution >= 4 is 23.1 Å². The van der Waals surface area contributed by atoms with Crippen LogP contribution in [0.1, 0.15) is 18.4 Å². The number of esters is 1. The van der Waals surface area contributed by atoms with Crippen LogP contribution in [-0.2, 0) is 14.4 Å². The van der Waals surface area contributed by atoms with Gasteiger partial charge in [-0.05, 0) is 6.07 Å². The van der Waals surface area contributed by atoms with Crippen LogP contribution in [0.4, 0.5) is 0 Å². The smallest absolute Gasteiger partial charge is 0.343 e. The fraction of sp³-hybridized carbons (Fsp3) is 0.438. The van der Waals surface area contributed by atoms with Crippen LogP contribution < -0.4 is 4.74 Å². The highest BCUT2D eigenvalue weighted by molar-refractivity contribution is 6.33. The number of methoxy groups -OCH3 is 1. The van der Waals surface area contributed by atoms with Gasteiger partial charge in [0.2, 0.25) is 0 Å². The number of para-hydroxylation sites is 1. The Hall–Kier alpha value is -1.76. The van der Waals surface area contributed by atoms with Gasteiger partial charge in [0.25, 0.3) is 0 Å². The molecule has 2 heterocycles. The number of aliphatic hydroxyl groups is 1. The molecule has 0 aliphatic carbocycles. The minimum absolute atomic E-state index is 0.0566. The van der Waals surface area contributed by atoms with Gasteiger partial charge in [0, 0.05) is 31.5 Å². The van der Waals surface area contributed by atoms with Crippen molar-refractivity contribution in [1.29, 1.82) is 0 Å². The number of carbonyl (C=O) groups excluding carboxylic acids is 1. The van der Waals surface area contributed by atoms with Crippen LogP contribution in [0.15, 0.2) is 24.0 Å². The van der Waals surface area contributed by atoms with Crippen molar-refractivity contribution in [2.45, 2.75) is 18.4 Å². The largest absolute Gasteiger partial charge is 0.507 e. The lowest BCUT2D eigenvalue weighted by Crippen LogP contribution is -2.45. The molecule has 0 unspecified atom stereocenters. The van der Waals surface area contributed by atoms with E-state index in [-0.39, 0.29) is 11.3 Å². The first kappa shape index (κ1) is 16.1. The molecular weight excluding hydrogens is 322 g/mol. The summed E-state index contributed by atoms with van der Waals surface area (Å²) in [5.41, 5.74) is -0.432. The second kappa shape index (κ2) is 6.03. The summed E-state index contributed by atoms with van der Waals surface area (Å²) in [5, 5.41) is 12.9. The molecule has 23 heavy (non-hydrogen) atoms. The van der Waals surface area contributed by atoms with Crippen LogP contribution in [0.2, 0.25) is 5.02 Å². The van der Waals surface area contributed by atoms with Crippen molar-refractivity contribution in [3.63, 3.8) is 0 Å². The zero-order valence-corrected chi connectivity index (χ0v) is 13.7. The number of piperidine rings is 1. The van der Waals surface area contributed by atoms with E-state index in [1.165, 1.54) is 7.11 Å². The summed E-state index contributed by atoms with van der Waals surface area (Å²) in [6.45, 7) is 1.13. The summed E-state index contributed by atoms with van der Waals surface area (Å²) in [7, 11) is 3.06. The summed E-state index contributed by atoms with van der Waals surface area (Å²) >= 11 is 6.11. The maximum atomic E-state index is 12.4. The average Bonchev–Trinajstić information content (AvgIpc) is 2.78. The lowest BCUT2D eigenvalue weighted by molar-refractivity contribution is -0.182. The minimum Gasteiger partial charge on any atom is -0.507 e. The minimum atomic E-state index is -0.991. The first-order valence-electron chi connectivity index (χ1n) is 7.31. The summed E-state index contributed by atoms with van der Waals surface area (Å²) in [4.78, 5) is 17.6. The second-order valence-corrected chi connectivity index (χ2v) is 5.95. The van der Waals surface area contributed by atoms with Gasteiger partial charge in [-0.2, -0.15) is 5.06 Å². The molecule has 0 aromatic heterocycles. The fourth-order valence-electron chi connectivity index (χ4n) is 3.12. The molecule has 0 amide bonds. The van der Waals surface area contributed by atoms with Gasteiger partial charge in [0.05, 0.1) is 19.2 Å². The number of halogens is 1. The van der Waals surface area contributed by atoms with Gasteiger partial charge in [-0.1, -0.05) is 23.7 Å². The molecule has 3 rings (SSSR count). The molecule has 1 saturated heterocycles. The van der Waals surface area contributed by atoms with Crippen molar-refractivity contribution in [3.8, 4) is 5.75 Å². The molecule has 1 N–H and O–H groups in total.